The summed E-state index contributed by atoms with van der Waals surface area (Å²) < 4.78 is 12.2. The van der Waals surface area contributed by atoms with Crippen LogP contribution in [-0.2, 0) is 9.47 Å². The van der Waals surface area contributed by atoms with Gasteiger partial charge in [0, 0.05) is 24.4 Å². The Kier molecular flexibility index (Phi) is 3.59. The third-order valence-electron chi connectivity index (χ3n) is 7.62. The van der Waals surface area contributed by atoms with Gasteiger partial charge in [-0.2, -0.15) is 0 Å². The topological polar surface area (TPSA) is 18.5 Å². The molecular weight excluding hydrogens is 284 g/mol. The monoisotopic (exact) mass is 316 g/mol. The highest BCUT2D eigenvalue weighted by Crippen LogP contribution is 2.82. The maximum absolute atomic E-state index is 6.36. The Balaban J connectivity index is 1.57. The Bertz CT molecular complexity index is 546. The molecule has 2 saturated carbocycles. The largest absolute Gasteiger partial charge is 0.356 e. The molecule has 4 rings (SSSR count). The van der Waals surface area contributed by atoms with Crippen molar-refractivity contribution >= 4 is 0 Å². The molecule has 0 N–H and O–H groups in total. The van der Waals surface area contributed by atoms with Crippen molar-refractivity contribution in [3.63, 3.8) is 0 Å². The van der Waals surface area contributed by atoms with Crippen LogP contribution in [0.1, 0.15) is 53.4 Å². The number of hydrogen-bond donors (Lipinski definition) is 0. The standard InChI is InChI=1S/C21H32O2/c1-13(2)7-6-8-14(3)15-9-11-20(4)12-10-16-18-21(16,20)17(15)19(22-5)23-18/h7,10,12,14-19H,6,8-9,11H2,1-5H3. The summed E-state index contributed by atoms with van der Waals surface area (Å²) >= 11 is 0. The van der Waals surface area contributed by atoms with E-state index in [1.165, 1.54) is 31.3 Å². The molecule has 0 radical (unpaired) electrons. The Hall–Kier alpha value is -0.600. The fourth-order valence-corrected chi connectivity index (χ4v) is 6.46. The average molecular weight is 316 g/mol. The van der Waals surface area contributed by atoms with Crippen LogP contribution in [0.5, 0.6) is 0 Å². The summed E-state index contributed by atoms with van der Waals surface area (Å²) in [7, 11) is 1.83. The van der Waals surface area contributed by atoms with Gasteiger partial charge in [0.2, 0.25) is 0 Å². The van der Waals surface area contributed by atoms with Crippen molar-refractivity contribution in [2.24, 2.45) is 34.5 Å². The summed E-state index contributed by atoms with van der Waals surface area (Å²) in [5.74, 6) is 2.74. The molecule has 1 heterocycles. The minimum absolute atomic E-state index is 0.0201. The number of methoxy groups -OCH3 is 1. The van der Waals surface area contributed by atoms with Crippen LogP contribution in [0.4, 0.5) is 0 Å². The molecule has 1 aliphatic heterocycles. The zero-order valence-electron chi connectivity index (χ0n) is 15.3. The lowest BCUT2D eigenvalue weighted by molar-refractivity contribution is -0.162. The van der Waals surface area contributed by atoms with Gasteiger partial charge in [-0.05, 0) is 56.8 Å². The van der Waals surface area contributed by atoms with E-state index in [4.69, 9.17) is 9.47 Å². The van der Waals surface area contributed by atoms with E-state index in [1.807, 2.05) is 7.11 Å². The van der Waals surface area contributed by atoms with Gasteiger partial charge in [0.1, 0.15) is 0 Å². The molecule has 0 aromatic carbocycles. The molecule has 1 saturated heterocycles. The smallest absolute Gasteiger partial charge is 0.161 e. The summed E-state index contributed by atoms with van der Waals surface area (Å²) in [6, 6.07) is 0. The van der Waals surface area contributed by atoms with Crippen LogP contribution in [0, 0.1) is 34.5 Å². The normalized spacial score (nSPS) is 50.4. The maximum atomic E-state index is 6.36. The predicted molar refractivity (Wildman–Crippen MR) is 92.9 cm³/mol. The SMILES string of the molecule is COC1OC2C3C=CC4(C)CCC(C(C)CCC=C(C)C)C1C324. The van der Waals surface area contributed by atoms with E-state index in [0.717, 1.165) is 11.8 Å². The Morgan fingerprint density at radius 2 is 2.22 bits per heavy atom. The van der Waals surface area contributed by atoms with E-state index in [2.05, 4.69) is 45.9 Å². The van der Waals surface area contributed by atoms with Gasteiger partial charge in [0.05, 0.1) is 6.10 Å². The highest BCUT2D eigenvalue weighted by molar-refractivity contribution is 5.40. The Morgan fingerprint density at radius 1 is 1.43 bits per heavy atom. The summed E-state index contributed by atoms with van der Waals surface area (Å²) in [6.45, 7) is 9.33. The molecule has 4 aliphatic rings. The molecule has 8 unspecified atom stereocenters. The first-order valence-electron chi connectivity index (χ1n) is 9.46. The van der Waals surface area contributed by atoms with Crippen molar-refractivity contribution in [1.82, 2.24) is 0 Å². The second-order valence-electron chi connectivity index (χ2n) is 8.96. The zero-order chi connectivity index (χ0) is 16.4. The lowest BCUT2D eigenvalue weighted by Gasteiger charge is -2.49. The second kappa shape index (κ2) is 5.20. The zero-order valence-corrected chi connectivity index (χ0v) is 15.3. The molecular formula is C21H32O2. The van der Waals surface area contributed by atoms with Crippen LogP contribution < -0.4 is 0 Å². The fourth-order valence-electron chi connectivity index (χ4n) is 6.46. The molecule has 2 heteroatoms. The highest BCUT2D eigenvalue weighted by Gasteiger charge is 2.84. The van der Waals surface area contributed by atoms with Crippen molar-refractivity contribution < 1.29 is 9.47 Å². The Morgan fingerprint density at radius 3 is 2.91 bits per heavy atom. The lowest BCUT2D eigenvalue weighted by Crippen LogP contribution is -2.47. The number of allylic oxidation sites excluding steroid dienone is 3. The number of hydrogen-bond acceptors (Lipinski definition) is 2. The van der Waals surface area contributed by atoms with Gasteiger partial charge in [0.15, 0.2) is 6.29 Å². The quantitative estimate of drug-likeness (QED) is 0.668. The number of ether oxygens (including phenoxy) is 2. The molecule has 0 aromatic rings. The van der Waals surface area contributed by atoms with E-state index in [9.17, 15) is 0 Å². The lowest BCUT2D eigenvalue weighted by atomic mass is 9.55. The molecule has 2 nitrogen and oxygen atoms in total. The molecule has 128 valence electrons. The minimum Gasteiger partial charge on any atom is -0.356 e. The first-order chi connectivity index (χ1) is 11.0. The molecule has 0 amide bonds. The summed E-state index contributed by atoms with van der Waals surface area (Å²) in [5, 5.41) is 0. The van der Waals surface area contributed by atoms with Gasteiger partial charge in [-0.3, -0.25) is 0 Å². The van der Waals surface area contributed by atoms with Gasteiger partial charge < -0.3 is 9.47 Å². The van der Waals surface area contributed by atoms with Gasteiger partial charge in [-0.25, -0.2) is 0 Å². The predicted octanol–water partition coefficient (Wildman–Crippen LogP) is 4.96. The number of fused-ring (bicyclic) bond motifs is 1. The highest BCUT2D eigenvalue weighted by atomic mass is 16.7. The van der Waals surface area contributed by atoms with Crippen molar-refractivity contribution in [3.05, 3.63) is 23.8 Å². The first kappa shape index (κ1) is 15.9. The summed E-state index contributed by atoms with van der Waals surface area (Å²) in [4.78, 5) is 0. The van der Waals surface area contributed by atoms with E-state index < -0.39 is 0 Å². The second-order valence-corrected chi connectivity index (χ2v) is 8.96. The van der Waals surface area contributed by atoms with E-state index >= 15 is 0 Å². The van der Waals surface area contributed by atoms with Crippen molar-refractivity contribution in [1.29, 1.82) is 0 Å². The first-order valence-corrected chi connectivity index (χ1v) is 9.46. The third-order valence-corrected chi connectivity index (χ3v) is 7.62. The minimum atomic E-state index is 0.0201. The average Bonchev–Trinajstić information content (AvgIpc) is 2.82. The molecule has 0 aromatic heterocycles. The molecule has 23 heavy (non-hydrogen) atoms. The van der Waals surface area contributed by atoms with Crippen molar-refractivity contribution in [2.75, 3.05) is 7.11 Å². The Labute approximate surface area is 141 Å². The number of rotatable bonds is 5. The van der Waals surface area contributed by atoms with Crippen LogP contribution in [0.25, 0.3) is 0 Å². The molecule has 3 aliphatic carbocycles. The van der Waals surface area contributed by atoms with Gasteiger partial charge in [-0.1, -0.05) is 37.6 Å². The van der Waals surface area contributed by atoms with Crippen LogP contribution in [-0.4, -0.2) is 19.5 Å². The molecule has 3 fully saturated rings. The maximum Gasteiger partial charge on any atom is 0.161 e. The van der Waals surface area contributed by atoms with Crippen LogP contribution >= 0.6 is 0 Å². The van der Waals surface area contributed by atoms with Crippen molar-refractivity contribution in [2.45, 2.75) is 65.8 Å². The van der Waals surface area contributed by atoms with Gasteiger partial charge in [-0.15, -0.1) is 0 Å². The third kappa shape index (κ3) is 1.94. The van der Waals surface area contributed by atoms with Crippen LogP contribution in [0.15, 0.2) is 23.8 Å². The van der Waals surface area contributed by atoms with E-state index in [1.54, 1.807) is 0 Å². The van der Waals surface area contributed by atoms with Crippen LogP contribution in [0.3, 0.4) is 0 Å². The fraction of sp³-hybridized carbons (Fsp3) is 0.810. The van der Waals surface area contributed by atoms with Gasteiger partial charge in [0.25, 0.3) is 0 Å². The summed E-state index contributed by atoms with van der Waals surface area (Å²) in [5.41, 5.74) is 2.14. The van der Waals surface area contributed by atoms with Crippen LogP contribution in [0.2, 0.25) is 0 Å². The van der Waals surface area contributed by atoms with E-state index in [-0.39, 0.29) is 6.29 Å². The molecule has 0 bridgehead atoms. The van der Waals surface area contributed by atoms with Crippen molar-refractivity contribution in [3.8, 4) is 0 Å². The van der Waals surface area contributed by atoms with Gasteiger partial charge >= 0.3 is 0 Å². The molecule has 1 spiro atoms. The summed E-state index contributed by atoms with van der Waals surface area (Å²) in [6.07, 6.45) is 13.0. The molecule has 8 atom stereocenters. The van der Waals surface area contributed by atoms with E-state index in [0.29, 0.717) is 28.8 Å².